The molecule has 2 heteroatoms. The first-order valence-electron chi connectivity index (χ1n) is 3.14. The van der Waals surface area contributed by atoms with Gasteiger partial charge in [-0.25, -0.2) is 4.39 Å². The number of benzene rings is 1. The van der Waals surface area contributed by atoms with Crippen LogP contribution in [0.2, 0.25) is 0 Å². The van der Waals surface area contributed by atoms with Crippen LogP contribution in [-0.4, -0.2) is 0 Å². The summed E-state index contributed by atoms with van der Waals surface area (Å²) in [6.07, 6.45) is 2.98. The van der Waals surface area contributed by atoms with Gasteiger partial charge in [0.1, 0.15) is 5.82 Å². The number of hydrogen-bond donors (Lipinski definition) is 0. The number of nitriles is 1. The van der Waals surface area contributed by atoms with Crippen LogP contribution in [0.5, 0.6) is 0 Å². The third-order valence-corrected chi connectivity index (χ3v) is 1.22. The predicted octanol–water partition coefficient (Wildman–Crippen LogP) is 2.36. The van der Waals surface area contributed by atoms with Crippen molar-refractivity contribution in [3.05, 3.63) is 41.7 Å². The van der Waals surface area contributed by atoms with Crippen molar-refractivity contribution in [3.63, 3.8) is 0 Å². The first-order valence-corrected chi connectivity index (χ1v) is 3.14. The molecule has 1 aromatic rings. The maximum atomic E-state index is 12.3. The summed E-state index contributed by atoms with van der Waals surface area (Å²) in [6, 6.07) is 7.80. The maximum Gasteiger partial charge on any atom is 0.123 e. The third kappa shape index (κ3) is 2.23. The molecule has 0 fully saturated rings. The van der Waals surface area contributed by atoms with E-state index in [1.54, 1.807) is 18.2 Å². The van der Waals surface area contributed by atoms with E-state index < -0.39 is 0 Å². The molecule has 0 aliphatic heterocycles. The lowest BCUT2D eigenvalue weighted by Gasteiger charge is -1.89. The van der Waals surface area contributed by atoms with Gasteiger partial charge in [0, 0.05) is 6.08 Å². The highest BCUT2D eigenvalue weighted by atomic mass is 18.2. The minimum Gasteiger partial charge on any atom is -0.207 e. The van der Waals surface area contributed by atoms with Gasteiger partial charge in [-0.1, -0.05) is 12.1 Å². The summed E-state index contributed by atoms with van der Waals surface area (Å²) in [5.41, 5.74) is 0.827. The maximum absolute atomic E-state index is 12.3. The molecule has 0 saturated heterocycles. The minimum atomic E-state index is -0.265. The van der Waals surface area contributed by atoms with Crippen LogP contribution in [0.25, 0.3) is 6.08 Å². The van der Waals surface area contributed by atoms with Crippen molar-refractivity contribution < 1.29 is 4.39 Å². The van der Waals surface area contributed by atoms with Gasteiger partial charge < -0.3 is 0 Å². The molecule has 0 heterocycles. The van der Waals surface area contributed by atoms with Crippen LogP contribution in [0, 0.1) is 17.1 Å². The fourth-order valence-corrected chi connectivity index (χ4v) is 0.707. The molecule has 1 nitrogen and oxygen atoms in total. The van der Waals surface area contributed by atoms with E-state index >= 15 is 0 Å². The fourth-order valence-electron chi connectivity index (χ4n) is 0.707. The Morgan fingerprint density at radius 3 is 2.45 bits per heavy atom. The molecule has 0 unspecified atom stereocenters. The Morgan fingerprint density at radius 2 is 1.91 bits per heavy atom. The van der Waals surface area contributed by atoms with Crippen molar-refractivity contribution in [1.29, 1.82) is 5.26 Å². The molecule has 0 aliphatic carbocycles. The number of halogens is 1. The molecule has 0 spiro atoms. The van der Waals surface area contributed by atoms with E-state index in [-0.39, 0.29) is 5.82 Å². The summed E-state index contributed by atoms with van der Waals surface area (Å²) in [7, 11) is 0. The molecular formula is C9H6FN. The van der Waals surface area contributed by atoms with E-state index in [1.807, 2.05) is 6.07 Å². The summed E-state index contributed by atoms with van der Waals surface area (Å²) >= 11 is 0. The zero-order chi connectivity index (χ0) is 8.10. The molecule has 0 aromatic heterocycles. The highest BCUT2D eigenvalue weighted by Gasteiger charge is 1.86. The first-order chi connectivity index (χ1) is 5.33. The minimum absolute atomic E-state index is 0.265. The SMILES string of the molecule is N#CC=Cc1ccc([18F])cc1. The van der Waals surface area contributed by atoms with E-state index in [0.717, 1.165) is 5.56 Å². The van der Waals surface area contributed by atoms with Crippen molar-refractivity contribution in [2.45, 2.75) is 0 Å². The molecule has 54 valence electrons. The van der Waals surface area contributed by atoms with Crippen LogP contribution in [-0.2, 0) is 0 Å². The van der Waals surface area contributed by atoms with Crippen molar-refractivity contribution in [2.75, 3.05) is 0 Å². The molecule has 0 bridgehead atoms. The molecule has 0 atom stereocenters. The molecule has 0 N–H and O–H groups in total. The zero-order valence-corrected chi connectivity index (χ0v) is 5.79. The van der Waals surface area contributed by atoms with E-state index in [9.17, 15) is 4.39 Å². The lowest BCUT2D eigenvalue weighted by molar-refractivity contribution is 0.628. The van der Waals surface area contributed by atoms with E-state index in [0.29, 0.717) is 0 Å². The van der Waals surface area contributed by atoms with Crippen molar-refractivity contribution >= 4 is 6.08 Å². The van der Waals surface area contributed by atoms with Crippen LogP contribution in [0.3, 0.4) is 0 Å². The molecule has 1 rings (SSSR count). The summed E-state index contributed by atoms with van der Waals surface area (Å²) < 4.78 is 12.3. The Bertz CT molecular complexity index is 292. The van der Waals surface area contributed by atoms with E-state index in [4.69, 9.17) is 5.26 Å². The van der Waals surface area contributed by atoms with Gasteiger partial charge in [0.25, 0.3) is 0 Å². The van der Waals surface area contributed by atoms with Crippen molar-refractivity contribution in [3.8, 4) is 6.07 Å². The van der Waals surface area contributed by atoms with Crippen LogP contribution in [0.15, 0.2) is 30.3 Å². The third-order valence-electron chi connectivity index (χ3n) is 1.22. The largest absolute Gasteiger partial charge is 0.207 e. The molecule has 0 saturated carbocycles. The molecule has 0 aliphatic rings. The second-order valence-corrected chi connectivity index (χ2v) is 2.01. The topological polar surface area (TPSA) is 23.8 Å². The summed E-state index contributed by atoms with van der Waals surface area (Å²) in [4.78, 5) is 0. The standard InChI is InChI=1S/C9H6FN/c10-9-5-3-8(4-6-9)2-1-7-11/h1-6H/i10-1. The van der Waals surface area contributed by atoms with Gasteiger partial charge >= 0.3 is 0 Å². The Balaban J connectivity index is 2.84. The van der Waals surface area contributed by atoms with Gasteiger partial charge in [-0.3, -0.25) is 0 Å². The predicted molar refractivity (Wildman–Crippen MR) is 41.0 cm³/mol. The Kier molecular flexibility index (Phi) is 2.40. The number of allylic oxidation sites excluding steroid dienone is 1. The quantitative estimate of drug-likeness (QED) is 0.558. The van der Waals surface area contributed by atoms with Gasteiger partial charge in [0.2, 0.25) is 0 Å². The lowest BCUT2D eigenvalue weighted by Crippen LogP contribution is -1.73. The summed E-state index contributed by atoms with van der Waals surface area (Å²) in [6.45, 7) is 0. The Morgan fingerprint density at radius 1 is 1.27 bits per heavy atom. The van der Waals surface area contributed by atoms with Crippen LogP contribution in [0.1, 0.15) is 5.56 Å². The van der Waals surface area contributed by atoms with Crippen molar-refractivity contribution in [1.82, 2.24) is 0 Å². The number of hydrogen-bond acceptors (Lipinski definition) is 1. The van der Waals surface area contributed by atoms with Gasteiger partial charge in [-0.15, -0.1) is 0 Å². The van der Waals surface area contributed by atoms with E-state index in [1.165, 1.54) is 18.2 Å². The first kappa shape index (κ1) is 7.49. The van der Waals surface area contributed by atoms with Gasteiger partial charge in [0.05, 0.1) is 6.07 Å². The monoisotopic (exact) mass is 146 g/mol. The zero-order valence-electron chi connectivity index (χ0n) is 5.79. The Hall–Kier alpha value is -1.62. The number of rotatable bonds is 1. The molecule has 1 aromatic carbocycles. The Labute approximate surface area is 64.4 Å². The molecule has 0 amide bonds. The second-order valence-electron chi connectivity index (χ2n) is 2.01. The molecule has 11 heavy (non-hydrogen) atoms. The fraction of sp³-hybridized carbons (Fsp3) is 0. The molecular weight excluding hydrogens is 140 g/mol. The second kappa shape index (κ2) is 3.52. The van der Waals surface area contributed by atoms with E-state index in [2.05, 4.69) is 0 Å². The smallest absolute Gasteiger partial charge is 0.123 e. The molecule has 0 radical (unpaired) electrons. The normalized spacial score (nSPS) is 9.82. The highest BCUT2D eigenvalue weighted by molar-refractivity contribution is 5.51. The highest BCUT2D eigenvalue weighted by Crippen LogP contribution is 2.03. The van der Waals surface area contributed by atoms with Crippen LogP contribution >= 0.6 is 0 Å². The van der Waals surface area contributed by atoms with Crippen LogP contribution in [0.4, 0.5) is 4.39 Å². The number of nitrogens with zero attached hydrogens (tertiary/aromatic N) is 1. The van der Waals surface area contributed by atoms with Gasteiger partial charge in [-0.05, 0) is 23.8 Å². The van der Waals surface area contributed by atoms with Crippen LogP contribution < -0.4 is 0 Å². The average molecular weight is 146 g/mol. The summed E-state index contributed by atoms with van der Waals surface area (Å²) in [5, 5.41) is 8.17. The summed E-state index contributed by atoms with van der Waals surface area (Å²) in [5.74, 6) is -0.265. The average Bonchev–Trinajstić information content (AvgIpc) is 2.04. The van der Waals surface area contributed by atoms with Crippen molar-refractivity contribution in [2.24, 2.45) is 0 Å². The lowest BCUT2D eigenvalue weighted by atomic mass is 10.2. The van der Waals surface area contributed by atoms with Gasteiger partial charge in [-0.2, -0.15) is 5.26 Å². The van der Waals surface area contributed by atoms with Gasteiger partial charge in [0.15, 0.2) is 0 Å².